The summed E-state index contributed by atoms with van der Waals surface area (Å²) >= 11 is 0. The molecule has 156 valence electrons. The van der Waals surface area contributed by atoms with Crippen LogP contribution in [0.4, 0.5) is 0 Å². The molecule has 3 aliphatic rings. The van der Waals surface area contributed by atoms with Crippen molar-refractivity contribution in [2.24, 2.45) is 11.8 Å². The first kappa shape index (κ1) is 20.2. The van der Waals surface area contributed by atoms with E-state index in [1.54, 1.807) is 11.1 Å². The molecule has 2 aliphatic carbocycles. The maximum absolute atomic E-state index is 6.11. The Morgan fingerprint density at radius 2 is 2.00 bits per heavy atom. The lowest BCUT2D eigenvalue weighted by molar-refractivity contribution is -0.0471. The molecule has 0 unspecified atom stereocenters. The Labute approximate surface area is 172 Å². The van der Waals surface area contributed by atoms with Crippen molar-refractivity contribution in [3.05, 3.63) is 29.3 Å². The number of fused-ring (bicyclic) bond motifs is 5. The largest absolute Gasteiger partial charge is 0.492 e. The van der Waals surface area contributed by atoms with Crippen LogP contribution in [-0.2, 0) is 6.42 Å². The van der Waals surface area contributed by atoms with Gasteiger partial charge in [0.2, 0.25) is 0 Å². The lowest BCUT2D eigenvalue weighted by atomic mass is 9.55. The number of ether oxygens (including phenoxy) is 1. The van der Waals surface area contributed by atoms with E-state index in [-0.39, 0.29) is 0 Å². The Hall–Kier alpha value is -1.06. The van der Waals surface area contributed by atoms with E-state index in [4.69, 9.17) is 4.74 Å². The second kappa shape index (κ2) is 8.36. The van der Waals surface area contributed by atoms with Crippen molar-refractivity contribution >= 4 is 0 Å². The van der Waals surface area contributed by atoms with Gasteiger partial charge in [-0.15, -0.1) is 0 Å². The molecule has 2 fully saturated rings. The highest BCUT2D eigenvalue weighted by atomic mass is 16.5. The Balaban J connectivity index is 1.46. The Kier molecular flexibility index (Phi) is 6.04. The van der Waals surface area contributed by atoms with E-state index in [0.29, 0.717) is 5.54 Å². The van der Waals surface area contributed by atoms with Gasteiger partial charge in [0.1, 0.15) is 12.4 Å². The molecule has 0 bridgehead atoms. The lowest BCUT2D eigenvalue weighted by Gasteiger charge is -2.58. The van der Waals surface area contributed by atoms with Crippen molar-refractivity contribution in [1.29, 1.82) is 0 Å². The molecule has 28 heavy (non-hydrogen) atoms. The zero-order valence-electron chi connectivity index (χ0n) is 18.5. The van der Waals surface area contributed by atoms with E-state index in [2.05, 4.69) is 55.8 Å². The highest BCUT2D eigenvalue weighted by Crippen LogP contribution is 2.55. The molecule has 0 N–H and O–H groups in total. The minimum absolute atomic E-state index is 0.435. The molecule has 3 nitrogen and oxygen atoms in total. The van der Waals surface area contributed by atoms with Gasteiger partial charge in [-0.2, -0.15) is 0 Å². The standard InChI is InChI=1S/C25H40N2O/c1-5-27(6-2)16-17-28-20-10-12-21-19(18-20)9-11-23-22(21)13-14-25(3)24(23)8-7-15-26(25)4/h10,12,18,22-24H,5-9,11,13-17H2,1-4H3/t22-,23-,24+,25+/m1/s1. The van der Waals surface area contributed by atoms with Gasteiger partial charge in [-0.1, -0.05) is 19.9 Å². The van der Waals surface area contributed by atoms with E-state index in [1.165, 1.54) is 45.1 Å². The van der Waals surface area contributed by atoms with Gasteiger partial charge in [-0.25, -0.2) is 0 Å². The van der Waals surface area contributed by atoms with Crippen LogP contribution in [0.5, 0.6) is 5.75 Å². The predicted molar refractivity (Wildman–Crippen MR) is 117 cm³/mol. The molecule has 0 aromatic heterocycles. The van der Waals surface area contributed by atoms with E-state index >= 15 is 0 Å². The first-order chi connectivity index (χ1) is 13.6. The van der Waals surface area contributed by atoms with Gasteiger partial charge in [-0.3, -0.25) is 0 Å². The molecule has 4 atom stereocenters. The van der Waals surface area contributed by atoms with Crippen LogP contribution in [0.15, 0.2) is 18.2 Å². The number of benzene rings is 1. The average Bonchev–Trinajstić information content (AvgIpc) is 2.71. The molecule has 1 saturated heterocycles. The topological polar surface area (TPSA) is 15.7 Å². The maximum Gasteiger partial charge on any atom is 0.119 e. The summed E-state index contributed by atoms with van der Waals surface area (Å²) in [5.74, 6) is 3.60. The normalized spacial score (nSPS) is 32.5. The quantitative estimate of drug-likeness (QED) is 0.690. The number of hydrogen-bond acceptors (Lipinski definition) is 3. The molecule has 0 spiro atoms. The highest BCUT2D eigenvalue weighted by molar-refractivity contribution is 5.40. The van der Waals surface area contributed by atoms with Crippen LogP contribution in [-0.4, -0.2) is 55.2 Å². The van der Waals surface area contributed by atoms with Crippen LogP contribution in [0, 0.1) is 11.8 Å². The second-order valence-electron chi connectivity index (χ2n) is 9.61. The third-order valence-corrected chi connectivity index (χ3v) is 8.51. The highest BCUT2D eigenvalue weighted by Gasteiger charge is 2.51. The molecule has 1 aliphatic heterocycles. The summed E-state index contributed by atoms with van der Waals surface area (Å²) in [7, 11) is 2.37. The summed E-state index contributed by atoms with van der Waals surface area (Å²) in [5, 5.41) is 0. The van der Waals surface area contributed by atoms with Crippen LogP contribution in [0.2, 0.25) is 0 Å². The van der Waals surface area contributed by atoms with Gasteiger partial charge < -0.3 is 14.5 Å². The fourth-order valence-electron chi connectivity index (χ4n) is 6.58. The van der Waals surface area contributed by atoms with Crippen molar-refractivity contribution in [1.82, 2.24) is 9.80 Å². The fourth-order valence-corrected chi connectivity index (χ4v) is 6.58. The van der Waals surface area contributed by atoms with Crippen molar-refractivity contribution in [2.45, 2.75) is 70.8 Å². The van der Waals surface area contributed by atoms with Crippen LogP contribution in [0.25, 0.3) is 0 Å². The molecule has 1 saturated carbocycles. The van der Waals surface area contributed by atoms with Gasteiger partial charge >= 0.3 is 0 Å². The fraction of sp³-hybridized carbons (Fsp3) is 0.760. The molecule has 1 aromatic carbocycles. The lowest BCUT2D eigenvalue weighted by Crippen LogP contribution is -2.59. The zero-order valence-corrected chi connectivity index (χ0v) is 18.5. The van der Waals surface area contributed by atoms with Gasteiger partial charge in [0.15, 0.2) is 0 Å². The number of likely N-dealkylation sites (N-methyl/N-ethyl adjacent to an activating group) is 1. The molecule has 1 aromatic rings. The first-order valence-corrected chi connectivity index (χ1v) is 11.8. The molecular formula is C25H40N2O. The summed E-state index contributed by atoms with van der Waals surface area (Å²) in [4.78, 5) is 5.10. The minimum Gasteiger partial charge on any atom is -0.492 e. The third-order valence-electron chi connectivity index (χ3n) is 8.51. The smallest absolute Gasteiger partial charge is 0.119 e. The van der Waals surface area contributed by atoms with Gasteiger partial charge in [0, 0.05) is 12.1 Å². The molecular weight excluding hydrogens is 344 g/mol. The first-order valence-electron chi connectivity index (χ1n) is 11.8. The van der Waals surface area contributed by atoms with Crippen molar-refractivity contribution in [3.63, 3.8) is 0 Å². The monoisotopic (exact) mass is 384 g/mol. The van der Waals surface area contributed by atoms with Gasteiger partial charge in [-0.05, 0) is 113 Å². The van der Waals surface area contributed by atoms with Gasteiger partial charge in [0.25, 0.3) is 0 Å². The van der Waals surface area contributed by atoms with E-state index < -0.39 is 0 Å². The molecule has 3 heteroatoms. The minimum atomic E-state index is 0.435. The number of hydrogen-bond donors (Lipinski definition) is 0. The van der Waals surface area contributed by atoms with Crippen LogP contribution >= 0.6 is 0 Å². The second-order valence-corrected chi connectivity index (χ2v) is 9.61. The summed E-state index contributed by atoms with van der Waals surface area (Å²) in [6.07, 6.45) is 8.14. The maximum atomic E-state index is 6.11. The average molecular weight is 385 g/mol. The molecule has 0 amide bonds. The number of aryl methyl sites for hydroxylation is 1. The summed E-state index contributed by atoms with van der Waals surface area (Å²) in [5.41, 5.74) is 3.64. The van der Waals surface area contributed by atoms with Crippen LogP contribution in [0.3, 0.4) is 0 Å². The van der Waals surface area contributed by atoms with Crippen molar-refractivity contribution < 1.29 is 4.74 Å². The number of likely N-dealkylation sites (tertiary alicyclic amines) is 1. The van der Waals surface area contributed by atoms with Crippen molar-refractivity contribution in [3.8, 4) is 5.75 Å². The Morgan fingerprint density at radius 1 is 1.18 bits per heavy atom. The predicted octanol–water partition coefficient (Wildman–Crippen LogP) is 4.95. The number of nitrogens with zero attached hydrogens (tertiary/aromatic N) is 2. The molecule has 1 heterocycles. The molecule has 0 radical (unpaired) electrons. The molecule has 4 rings (SSSR count). The SMILES string of the molecule is CCN(CC)CCOc1ccc2c(c1)CC[C@@H]1[C@@H]2CC[C@@]2(C)[C@H]1CCCN2C. The van der Waals surface area contributed by atoms with Crippen LogP contribution < -0.4 is 4.74 Å². The number of rotatable bonds is 6. The summed E-state index contributed by atoms with van der Waals surface area (Å²) in [6, 6.07) is 7.01. The van der Waals surface area contributed by atoms with Crippen molar-refractivity contribution in [2.75, 3.05) is 39.8 Å². The van der Waals surface area contributed by atoms with Crippen LogP contribution in [0.1, 0.15) is 69.9 Å². The summed E-state index contributed by atoms with van der Waals surface area (Å²) < 4.78 is 6.11. The van der Waals surface area contributed by atoms with E-state index in [0.717, 1.165) is 49.7 Å². The van der Waals surface area contributed by atoms with Gasteiger partial charge in [0.05, 0.1) is 0 Å². The third kappa shape index (κ3) is 3.61. The zero-order chi connectivity index (χ0) is 19.7. The van der Waals surface area contributed by atoms with E-state index in [1.807, 2.05) is 0 Å². The van der Waals surface area contributed by atoms with E-state index in [9.17, 15) is 0 Å². The Morgan fingerprint density at radius 3 is 2.79 bits per heavy atom. The summed E-state index contributed by atoms with van der Waals surface area (Å²) in [6.45, 7) is 12.3. The Bertz CT molecular complexity index is 671. The number of piperidine rings is 1.